The number of hydrogen-bond donors (Lipinski definition) is 2. The smallest absolute Gasteiger partial charge is 0.358 e. The molecule has 0 aliphatic heterocycles. The van der Waals surface area contributed by atoms with Crippen molar-refractivity contribution in [1.82, 2.24) is 4.98 Å². The maximum atomic E-state index is 11.7. The largest absolute Gasteiger partial charge is 0.453 e. The van der Waals surface area contributed by atoms with Crippen LogP contribution in [0.2, 0.25) is 0 Å². The molecule has 0 aliphatic carbocycles. The summed E-state index contributed by atoms with van der Waals surface area (Å²) in [5.41, 5.74) is 5.35. The number of allylic oxidation sites excluding steroid dienone is 1. The summed E-state index contributed by atoms with van der Waals surface area (Å²) < 4.78 is 4.81. The number of nitrogens with two attached hydrogens (primary N) is 1. The molecule has 0 unspecified atom stereocenters. The summed E-state index contributed by atoms with van der Waals surface area (Å²) >= 11 is 1.23. The van der Waals surface area contributed by atoms with Crippen LogP contribution in [0.25, 0.3) is 0 Å². The zero-order valence-electron chi connectivity index (χ0n) is 11.4. The molecule has 1 heterocycles. The summed E-state index contributed by atoms with van der Waals surface area (Å²) in [6.07, 6.45) is 1.66. The van der Waals surface area contributed by atoms with Gasteiger partial charge in [-0.05, 0) is 6.92 Å². The van der Waals surface area contributed by atoms with Crippen LogP contribution in [0.15, 0.2) is 29.3 Å². The molecule has 0 aliphatic rings. The molecule has 1 rings (SSSR count). The Morgan fingerprint density at radius 1 is 1.67 bits per heavy atom. The van der Waals surface area contributed by atoms with Crippen LogP contribution in [0.4, 0.5) is 5.13 Å². The fraction of sp³-hybridized carbons (Fsp3) is 0.231. The Kier molecular flexibility index (Phi) is 6.10. The molecule has 0 bridgehead atoms. The molecule has 0 aromatic carbocycles. The van der Waals surface area contributed by atoms with Crippen molar-refractivity contribution in [2.24, 2.45) is 5.73 Å². The van der Waals surface area contributed by atoms with Gasteiger partial charge in [0.1, 0.15) is 11.6 Å². The number of ether oxygens (including phenoxy) is 1. The van der Waals surface area contributed by atoms with Crippen molar-refractivity contribution >= 4 is 28.2 Å². The van der Waals surface area contributed by atoms with Gasteiger partial charge >= 0.3 is 5.97 Å². The molecular formula is C13H14N4O3S. The number of carbonyl (C=O) groups is 2. The first-order valence-corrected chi connectivity index (χ1v) is 6.74. The van der Waals surface area contributed by atoms with Gasteiger partial charge in [0.25, 0.3) is 0 Å². The molecular weight excluding hydrogens is 292 g/mol. The van der Waals surface area contributed by atoms with Gasteiger partial charge in [0.05, 0.1) is 0 Å². The molecule has 0 amide bonds. The molecule has 0 atom stereocenters. The molecule has 7 nitrogen and oxygen atoms in total. The first-order valence-electron chi connectivity index (χ1n) is 5.86. The van der Waals surface area contributed by atoms with Crippen molar-refractivity contribution in [3.05, 3.63) is 35.0 Å². The lowest BCUT2D eigenvalue weighted by atomic mass is 10.1. The third-order valence-electron chi connectivity index (χ3n) is 2.23. The Morgan fingerprint density at radius 2 is 2.38 bits per heavy atom. The van der Waals surface area contributed by atoms with Gasteiger partial charge in [-0.25, -0.2) is 9.78 Å². The predicted molar refractivity (Wildman–Crippen MR) is 78.6 cm³/mol. The SMILES string of the molecule is C=CCNc1nc(C(=O)OCC(=O)C(C#N)=C(C)N)cs1. The molecule has 3 N–H and O–H groups in total. The number of hydrogen-bond acceptors (Lipinski definition) is 8. The maximum Gasteiger partial charge on any atom is 0.358 e. The second kappa shape index (κ2) is 7.81. The average molecular weight is 306 g/mol. The molecule has 0 saturated heterocycles. The van der Waals surface area contributed by atoms with E-state index in [0.717, 1.165) is 0 Å². The first-order chi connectivity index (χ1) is 9.99. The number of Topliss-reactive ketones (excluding diaryl/α,β-unsaturated/α-hetero) is 1. The van der Waals surface area contributed by atoms with Gasteiger partial charge in [-0.3, -0.25) is 4.79 Å². The van der Waals surface area contributed by atoms with E-state index in [9.17, 15) is 9.59 Å². The maximum absolute atomic E-state index is 11.7. The van der Waals surface area contributed by atoms with Gasteiger partial charge in [-0.1, -0.05) is 6.08 Å². The van der Waals surface area contributed by atoms with Crippen molar-refractivity contribution in [2.75, 3.05) is 18.5 Å². The molecule has 8 heteroatoms. The minimum atomic E-state index is -0.738. The van der Waals surface area contributed by atoms with Gasteiger partial charge in [0.2, 0.25) is 5.78 Å². The standard InChI is InChI=1S/C13H14N4O3S/c1-3-4-16-13-17-10(7-21-13)12(19)20-6-11(18)9(5-14)8(2)15/h3,7H,1,4,6,15H2,2H3,(H,16,17). The van der Waals surface area contributed by atoms with Gasteiger partial charge in [-0.15, -0.1) is 17.9 Å². The fourth-order valence-electron chi connectivity index (χ4n) is 1.26. The van der Waals surface area contributed by atoms with E-state index in [-0.39, 0.29) is 17.0 Å². The fourth-order valence-corrected chi connectivity index (χ4v) is 1.95. The molecule has 0 spiro atoms. The molecule has 0 radical (unpaired) electrons. The third kappa shape index (κ3) is 4.74. The number of nitriles is 1. The summed E-state index contributed by atoms with van der Waals surface area (Å²) in [5, 5.41) is 13.7. The third-order valence-corrected chi connectivity index (χ3v) is 3.03. The van der Waals surface area contributed by atoms with Crippen LogP contribution in [-0.2, 0) is 9.53 Å². The first kappa shape index (κ1) is 16.4. The number of aromatic nitrogens is 1. The quantitative estimate of drug-likeness (QED) is 0.336. The molecule has 110 valence electrons. The van der Waals surface area contributed by atoms with E-state index in [1.54, 1.807) is 12.1 Å². The van der Waals surface area contributed by atoms with Gasteiger partial charge in [0.15, 0.2) is 17.4 Å². The topological polar surface area (TPSA) is 118 Å². The second-order valence-corrected chi connectivity index (χ2v) is 4.73. The second-order valence-electron chi connectivity index (χ2n) is 3.88. The number of rotatable bonds is 7. The lowest BCUT2D eigenvalue weighted by Gasteiger charge is -2.02. The summed E-state index contributed by atoms with van der Waals surface area (Å²) in [7, 11) is 0. The van der Waals surface area contributed by atoms with Crippen LogP contribution >= 0.6 is 11.3 Å². The summed E-state index contributed by atoms with van der Waals surface area (Å²) in [4.78, 5) is 27.3. The number of carbonyl (C=O) groups excluding carboxylic acids is 2. The number of ketones is 1. The molecule has 1 aromatic rings. The average Bonchev–Trinajstić information content (AvgIpc) is 2.91. The van der Waals surface area contributed by atoms with E-state index < -0.39 is 18.4 Å². The monoisotopic (exact) mass is 306 g/mol. The molecule has 1 aromatic heterocycles. The van der Waals surface area contributed by atoms with Gasteiger partial charge in [-0.2, -0.15) is 5.26 Å². The highest BCUT2D eigenvalue weighted by atomic mass is 32.1. The number of thiazole rings is 1. The Hall–Kier alpha value is -2.66. The number of anilines is 1. The van der Waals surface area contributed by atoms with Crippen molar-refractivity contribution in [1.29, 1.82) is 5.26 Å². The summed E-state index contributed by atoms with van der Waals surface area (Å²) in [5.74, 6) is -1.38. The predicted octanol–water partition coefficient (Wildman–Crippen LogP) is 1.22. The van der Waals surface area contributed by atoms with Crippen molar-refractivity contribution in [3.8, 4) is 6.07 Å². The normalized spacial score (nSPS) is 11.0. The lowest BCUT2D eigenvalue weighted by molar-refractivity contribution is -0.118. The van der Waals surface area contributed by atoms with Crippen molar-refractivity contribution in [3.63, 3.8) is 0 Å². The van der Waals surface area contributed by atoms with E-state index in [1.165, 1.54) is 23.6 Å². The molecule has 0 saturated carbocycles. The Morgan fingerprint density at radius 3 is 2.95 bits per heavy atom. The van der Waals surface area contributed by atoms with Crippen molar-refractivity contribution in [2.45, 2.75) is 6.92 Å². The van der Waals surface area contributed by atoms with E-state index >= 15 is 0 Å². The van der Waals surface area contributed by atoms with E-state index in [4.69, 9.17) is 15.7 Å². The van der Waals surface area contributed by atoms with Crippen LogP contribution in [0.5, 0.6) is 0 Å². The Bertz CT molecular complexity index is 624. The van der Waals surface area contributed by atoms with Crippen LogP contribution in [-0.4, -0.2) is 29.9 Å². The molecule has 0 fully saturated rings. The van der Waals surface area contributed by atoms with E-state index in [2.05, 4.69) is 16.9 Å². The van der Waals surface area contributed by atoms with Gasteiger partial charge in [0, 0.05) is 17.6 Å². The van der Waals surface area contributed by atoms with Gasteiger partial charge < -0.3 is 15.8 Å². The summed E-state index contributed by atoms with van der Waals surface area (Å²) in [6.45, 7) is 4.94. The highest BCUT2D eigenvalue weighted by molar-refractivity contribution is 7.13. The number of esters is 1. The van der Waals surface area contributed by atoms with Crippen LogP contribution in [0.3, 0.4) is 0 Å². The number of nitrogens with zero attached hydrogens (tertiary/aromatic N) is 2. The molecule has 21 heavy (non-hydrogen) atoms. The highest BCUT2D eigenvalue weighted by Crippen LogP contribution is 2.15. The van der Waals surface area contributed by atoms with Crippen LogP contribution in [0, 0.1) is 11.3 Å². The van der Waals surface area contributed by atoms with Crippen LogP contribution < -0.4 is 11.1 Å². The Balaban J connectivity index is 2.60. The lowest BCUT2D eigenvalue weighted by Crippen LogP contribution is -2.17. The minimum absolute atomic E-state index is 0.0862. The van der Waals surface area contributed by atoms with Crippen molar-refractivity contribution < 1.29 is 14.3 Å². The van der Waals surface area contributed by atoms with E-state index in [1.807, 2.05) is 0 Å². The highest BCUT2D eigenvalue weighted by Gasteiger charge is 2.17. The zero-order valence-corrected chi connectivity index (χ0v) is 12.2. The minimum Gasteiger partial charge on any atom is -0.453 e. The van der Waals surface area contributed by atoms with Crippen LogP contribution in [0.1, 0.15) is 17.4 Å². The van der Waals surface area contributed by atoms with E-state index in [0.29, 0.717) is 11.7 Å². The zero-order chi connectivity index (χ0) is 15.8. The Labute approximate surface area is 125 Å². The summed E-state index contributed by atoms with van der Waals surface area (Å²) in [6, 6.07) is 1.67. The number of nitrogens with one attached hydrogen (secondary N) is 1.